The van der Waals surface area contributed by atoms with Crippen molar-refractivity contribution in [2.24, 2.45) is 0 Å². The molecule has 0 aliphatic carbocycles. The summed E-state index contributed by atoms with van der Waals surface area (Å²) in [5, 5.41) is 9.24. The van der Waals surface area contributed by atoms with Gasteiger partial charge in [0.1, 0.15) is 12.4 Å². The standard InChI is InChI=1S/C15H22O3/c1-12(16)4-5-13-6-8-14(9-7-13)18-11-15-3-2-10-17-15/h6-9,12,15-16H,2-5,10-11H2,1H3. The lowest BCUT2D eigenvalue weighted by atomic mass is 10.1. The molecule has 1 aromatic rings. The molecule has 0 amide bonds. The largest absolute Gasteiger partial charge is 0.491 e. The molecule has 2 unspecified atom stereocenters. The van der Waals surface area contributed by atoms with E-state index in [1.165, 1.54) is 5.56 Å². The lowest BCUT2D eigenvalue weighted by Crippen LogP contribution is -2.16. The first-order valence-electron chi connectivity index (χ1n) is 6.75. The van der Waals surface area contributed by atoms with Crippen LogP contribution in [0.15, 0.2) is 24.3 Å². The molecular formula is C15H22O3. The van der Waals surface area contributed by atoms with Crippen LogP contribution in [0.1, 0.15) is 31.7 Å². The van der Waals surface area contributed by atoms with Gasteiger partial charge >= 0.3 is 0 Å². The Morgan fingerprint density at radius 2 is 2.17 bits per heavy atom. The van der Waals surface area contributed by atoms with E-state index < -0.39 is 0 Å². The van der Waals surface area contributed by atoms with Crippen molar-refractivity contribution in [1.82, 2.24) is 0 Å². The molecule has 0 radical (unpaired) electrons. The molecule has 2 atom stereocenters. The van der Waals surface area contributed by atoms with E-state index in [2.05, 4.69) is 12.1 Å². The molecule has 18 heavy (non-hydrogen) atoms. The topological polar surface area (TPSA) is 38.7 Å². The maximum atomic E-state index is 9.24. The van der Waals surface area contributed by atoms with E-state index in [1.807, 2.05) is 19.1 Å². The van der Waals surface area contributed by atoms with E-state index in [0.29, 0.717) is 6.61 Å². The first-order chi connectivity index (χ1) is 8.74. The Morgan fingerprint density at radius 1 is 1.39 bits per heavy atom. The van der Waals surface area contributed by atoms with Crippen LogP contribution in [0, 0.1) is 0 Å². The van der Waals surface area contributed by atoms with Gasteiger partial charge in [-0.15, -0.1) is 0 Å². The van der Waals surface area contributed by atoms with Gasteiger partial charge in [-0.05, 0) is 50.3 Å². The molecule has 3 heteroatoms. The van der Waals surface area contributed by atoms with Gasteiger partial charge in [0.05, 0.1) is 12.2 Å². The normalized spacial score (nSPS) is 20.9. The van der Waals surface area contributed by atoms with Gasteiger partial charge in [0.25, 0.3) is 0 Å². The highest BCUT2D eigenvalue weighted by molar-refractivity contribution is 5.27. The summed E-state index contributed by atoms with van der Waals surface area (Å²) in [7, 11) is 0. The third-order valence-corrected chi connectivity index (χ3v) is 3.23. The molecule has 1 aliphatic rings. The fourth-order valence-corrected chi connectivity index (χ4v) is 2.09. The highest BCUT2D eigenvalue weighted by Crippen LogP contribution is 2.17. The zero-order valence-corrected chi connectivity index (χ0v) is 11.0. The maximum Gasteiger partial charge on any atom is 0.119 e. The van der Waals surface area contributed by atoms with Crippen LogP contribution in [0.25, 0.3) is 0 Å². The van der Waals surface area contributed by atoms with Gasteiger partial charge in [0, 0.05) is 6.61 Å². The molecule has 1 N–H and O–H groups in total. The molecule has 1 aliphatic heterocycles. The molecule has 0 bridgehead atoms. The minimum absolute atomic E-state index is 0.236. The summed E-state index contributed by atoms with van der Waals surface area (Å²) in [6.45, 7) is 3.33. The molecule has 1 aromatic carbocycles. The first-order valence-corrected chi connectivity index (χ1v) is 6.75. The van der Waals surface area contributed by atoms with Crippen molar-refractivity contribution < 1.29 is 14.6 Å². The van der Waals surface area contributed by atoms with E-state index in [-0.39, 0.29) is 12.2 Å². The van der Waals surface area contributed by atoms with E-state index >= 15 is 0 Å². The minimum atomic E-state index is -0.236. The minimum Gasteiger partial charge on any atom is -0.491 e. The fourth-order valence-electron chi connectivity index (χ4n) is 2.09. The second kappa shape index (κ2) is 6.76. The summed E-state index contributed by atoms with van der Waals surface area (Å²) in [5.74, 6) is 0.895. The zero-order chi connectivity index (χ0) is 12.8. The molecule has 1 fully saturated rings. The molecule has 0 aromatic heterocycles. The third-order valence-electron chi connectivity index (χ3n) is 3.23. The Bertz CT molecular complexity index is 339. The van der Waals surface area contributed by atoms with Crippen molar-refractivity contribution >= 4 is 0 Å². The number of ether oxygens (including phenoxy) is 2. The van der Waals surface area contributed by atoms with E-state index in [4.69, 9.17) is 9.47 Å². The predicted molar refractivity (Wildman–Crippen MR) is 70.9 cm³/mol. The van der Waals surface area contributed by atoms with Crippen LogP contribution in [-0.2, 0) is 11.2 Å². The molecule has 0 spiro atoms. The van der Waals surface area contributed by atoms with Gasteiger partial charge in [-0.1, -0.05) is 12.1 Å². The van der Waals surface area contributed by atoms with Crippen LogP contribution >= 0.6 is 0 Å². The van der Waals surface area contributed by atoms with Crippen LogP contribution in [0.4, 0.5) is 0 Å². The smallest absolute Gasteiger partial charge is 0.119 e. The maximum absolute atomic E-state index is 9.24. The van der Waals surface area contributed by atoms with Crippen molar-refractivity contribution in [2.45, 2.75) is 44.8 Å². The molecule has 3 nitrogen and oxygen atoms in total. The van der Waals surface area contributed by atoms with Crippen molar-refractivity contribution in [3.63, 3.8) is 0 Å². The van der Waals surface area contributed by atoms with Crippen molar-refractivity contribution in [3.8, 4) is 5.75 Å². The number of hydrogen-bond donors (Lipinski definition) is 1. The molecular weight excluding hydrogens is 228 g/mol. The highest BCUT2D eigenvalue weighted by atomic mass is 16.5. The summed E-state index contributed by atoms with van der Waals surface area (Å²) in [6, 6.07) is 8.11. The second-order valence-corrected chi connectivity index (χ2v) is 4.98. The molecule has 2 rings (SSSR count). The number of aliphatic hydroxyl groups excluding tert-OH is 1. The van der Waals surface area contributed by atoms with Gasteiger partial charge < -0.3 is 14.6 Å². The highest BCUT2D eigenvalue weighted by Gasteiger charge is 2.15. The van der Waals surface area contributed by atoms with Crippen molar-refractivity contribution in [3.05, 3.63) is 29.8 Å². The number of aliphatic hydroxyl groups is 1. The number of aryl methyl sites for hydroxylation is 1. The fraction of sp³-hybridized carbons (Fsp3) is 0.600. The van der Waals surface area contributed by atoms with Crippen molar-refractivity contribution in [1.29, 1.82) is 0 Å². The number of rotatable bonds is 6. The summed E-state index contributed by atoms with van der Waals surface area (Å²) < 4.78 is 11.2. The van der Waals surface area contributed by atoms with Gasteiger partial charge in [-0.2, -0.15) is 0 Å². The summed E-state index contributed by atoms with van der Waals surface area (Å²) in [4.78, 5) is 0. The van der Waals surface area contributed by atoms with Gasteiger partial charge in [0.2, 0.25) is 0 Å². The average molecular weight is 250 g/mol. The van der Waals surface area contributed by atoms with E-state index in [1.54, 1.807) is 0 Å². The molecule has 1 heterocycles. The van der Waals surface area contributed by atoms with Crippen LogP contribution in [0.2, 0.25) is 0 Å². The predicted octanol–water partition coefficient (Wildman–Crippen LogP) is 2.56. The van der Waals surface area contributed by atoms with Crippen LogP contribution in [0.5, 0.6) is 5.75 Å². The average Bonchev–Trinajstić information content (AvgIpc) is 2.88. The Balaban J connectivity index is 1.76. The Morgan fingerprint density at radius 3 is 2.78 bits per heavy atom. The first kappa shape index (κ1) is 13.4. The summed E-state index contributed by atoms with van der Waals surface area (Å²) in [5.41, 5.74) is 1.24. The monoisotopic (exact) mass is 250 g/mol. The molecule has 0 saturated carbocycles. The summed E-state index contributed by atoms with van der Waals surface area (Å²) >= 11 is 0. The van der Waals surface area contributed by atoms with Gasteiger partial charge in [0.15, 0.2) is 0 Å². The molecule has 1 saturated heterocycles. The van der Waals surface area contributed by atoms with Crippen LogP contribution < -0.4 is 4.74 Å². The number of hydrogen-bond acceptors (Lipinski definition) is 3. The Hall–Kier alpha value is -1.06. The van der Waals surface area contributed by atoms with E-state index in [0.717, 1.165) is 38.0 Å². The van der Waals surface area contributed by atoms with Gasteiger partial charge in [-0.25, -0.2) is 0 Å². The van der Waals surface area contributed by atoms with Crippen molar-refractivity contribution in [2.75, 3.05) is 13.2 Å². The van der Waals surface area contributed by atoms with Crippen LogP contribution in [-0.4, -0.2) is 30.5 Å². The lowest BCUT2D eigenvalue weighted by Gasteiger charge is -2.12. The Kier molecular flexibility index (Phi) is 5.02. The van der Waals surface area contributed by atoms with Crippen LogP contribution in [0.3, 0.4) is 0 Å². The number of benzene rings is 1. The second-order valence-electron chi connectivity index (χ2n) is 4.98. The third kappa shape index (κ3) is 4.31. The zero-order valence-electron chi connectivity index (χ0n) is 11.0. The van der Waals surface area contributed by atoms with Gasteiger partial charge in [-0.3, -0.25) is 0 Å². The Labute approximate surface area is 109 Å². The lowest BCUT2D eigenvalue weighted by molar-refractivity contribution is 0.0679. The molecule has 100 valence electrons. The summed E-state index contributed by atoms with van der Waals surface area (Å²) in [6.07, 6.45) is 3.99. The van der Waals surface area contributed by atoms with E-state index in [9.17, 15) is 5.11 Å². The SMILES string of the molecule is CC(O)CCc1ccc(OCC2CCCO2)cc1. The quantitative estimate of drug-likeness (QED) is 0.843.